The van der Waals surface area contributed by atoms with Crippen LogP contribution in [-0.4, -0.2) is 34.1 Å². The van der Waals surface area contributed by atoms with E-state index in [4.69, 9.17) is 4.74 Å². The Bertz CT molecular complexity index is 475. The van der Waals surface area contributed by atoms with Crippen LogP contribution >= 0.6 is 0 Å². The quantitative estimate of drug-likeness (QED) is 0.768. The molecule has 0 bridgehead atoms. The maximum absolute atomic E-state index is 5.60. The highest BCUT2D eigenvalue weighted by molar-refractivity contribution is 5.36. The highest BCUT2D eigenvalue weighted by Gasteiger charge is 2.45. The van der Waals surface area contributed by atoms with E-state index in [0.29, 0.717) is 29.2 Å². The minimum Gasteiger partial charge on any atom is -0.461 e. The molecule has 0 spiro atoms. The molecule has 0 aromatic carbocycles. The molecule has 1 saturated carbocycles. The largest absolute Gasteiger partial charge is 0.461 e. The van der Waals surface area contributed by atoms with Gasteiger partial charge in [-0.2, -0.15) is 15.0 Å². The first-order chi connectivity index (χ1) is 9.90. The summed E-state index contributed by atoms with van der Waals surface area (Å²) in [5.41, 5.74) is 0.445. The Hall–Kier alpha value is -1.59. The van der Waals surface area contributed by atoms with Crippen molar-refractivity contribution in [3.63, 3.8) is 0 Å². The van der Waals surface area contributed by atoms with Crippen molar-refractivity contribution in [3.8, 4) is 6.01 Å². The lowest BCUT2D eigenvalue weighted by atomic mass is 10.1. The van der Waals surface area contributed by atoms with E-state index in [1.54, 1.807) is 0 Å². The molecular weight excluding hydrogens is 266 g/mol. The SMILES string of the molecule is CCCNc1nc(NCC2CC2(C)C)nc(OC(C)C)n1. The molecule has 1 fully saturated rings. The Kier molecular flexibility index (Phi) is 4.85. The molecule has 21 heavy (non-hydrogen) atoms. The third-order valence-corrected chi connectivity index (χ3v) is 3.71. The van der Waals surface area contributed by atoms with Crippen LogP contribution in [-0.2, 0) is 0 Å². The molecule has 1 aromatic heterocycles. The molecule has 2 N–H and O–H groups in total. The predicted octanol–water partition coefficient (Wildman–Crippen LogP) is 2.94. The molecule has 2 rings (SSSR count). The van der Waals surface area contributed by atoms with Gasteiger partial charge in [0.15, 0.2) is 0 Å². The summed E-state index contributed by atoms with van der Waals surface area (Å²) in [5, 5.41) is 6.50. The van der Waals surface area contributed by atoms with Gasteiger partial charge in [0, 0.05) is 13.1 Å². The molecule has 1 heterocycles. The number of anilines is 2. The van der Waals surface area contributed by atoms with Gasteiger partial charge in [0.25, 0.3) is 0 Å². The zero-order chi connectivity index (χ0) is 15.5. The van der Waals surface area contributed by atoms with Gasteiger partial charge in [-0.15, -0.1) is 0 Å². The molecule has 6 heteroatoms. The number of nitrogens with one attached hydrogen (secondary N) is 2. The van der Waals surface area contributed by atoms with Gasteiger partial charge >= 0.3 is 6.01 Å². The lowest BCUT2D eigenvalue weighted by Crippen LogP contribution is -2.15. The lowest BCUT2D eigenvalue weighted by molar-refractivity contribution is 0.222. The summed E-state index contributed by atoms with van der Waals surface area (Å²) in [4.78, 5) is 13.0. The number of aromatic nitrogens is 3. The second kappa shape index (κ2) is 6.45. The van der Waals surface area contributed by atoms with Crippen LogP contribution in [0.25, 0.3) is 0 Å². The third-order valence-electron chi connectivity index (χ3n) is 3.71. The molecule has 1 aromatic rings. The molecule has 0 saturated heterocycles. The topological polar surface area (TPSA) is 72.0 Å². The third kappa shape index (κ3) is 4.72. The smallest absolute Gasteiger partial charge is 0.323 e. The standard InChI is InChI=1S/C15H27N5O/c1-6-7-16-12-18-13(17-9-11-8-15(11,4)5)20-14(19-12)21-10(2)3/h10-11H,6-9H2,1-5H3,(H2,16,17,18,19,20). The summed E-state index contributed by atoms with van der Waals surface area (Å²) in [7, 11) is 0. The van der Waals surface area contributed by atoms with Crippen LogP contribution in [0.2, 0.25) is 0 Å². The van der Waals surface area contributed by atoms with Crippen LogP contribution in [0.4, 0.5) is 11.9 Å². The van der Waals surface area contributed by atoms with E-state index >= 15 is 0 Å². The highest BCUT2D eigenvalue weighted by atomic mass is 16.5. The first kappa shape index (κ1) is 15.8. The molecule has 1 aliphatic rings. The van der Waals surface area contributed by atoms with E-state index in [1.165, 1.54) is 6.42 Å². The van der Waals surface area contributed by atoms with Gasteiger partial charge in [-0.05, 0) is 38.0 Å². The van der Waals surface area contributed by atoms with Crippen LogP contribution in [0.5, 0.6) is 6.01 Å². The molecule has 118 valence electrons. The number of nitrogens with zero attached hydrogens (tertiary/aromatic N) is 3. The van der Waals surface area contributed by atoms with Crippen molar-refractivity contribution in [1.82, 2.24) is 15.0 Å². The van der Waals surface area contributed by atoms with Gasteiger partial charge in [-0.3, -0.25) is 0 Å². The summed E-state index contributed by atoms with van der Waals surface area (Å²) >= 11 is 0. The molecule has 1 unspecified atom stereocenters. The van der Waals surface area contributed by atoms with E-state index in [0.717, 1.165) is 19.5 Å². The maximum atomic E-state index is 5.60. The predicted molar refractivity (Wildman–Crippen MR) is 84.7 cm³/mol. The van der Waals surface area contributed by atoms with Gasteiger partial charge in [-0.1, -0.05) is 20.8 Å². The van der Waals surface area contributed by atoms with Crippen molar-refractivity contribution >= 4 is 11.9 Å². The van der Waals surface area contributed by atoms with E-state index in [-0.39, 0.29) is 6.10 Å². The summed E-state index contributed by atoms with van der Waals surface area (Å²) in [6, 6.07) is 0.371. The molecule has 0 radical (unpaired) electrons. The van der Waals surface area contributed by atoms with Gasteiger partial charge in [0.05, 0.1) is 6.10 Å². The number of hydrogen-bond acceptors (Lipinski definition) is 6. The molecular formula is C15H27N5O. The summed E-state index contributed by atoms with van der Waals surface area (Å²) in [6.07, 6.45) is 2.31. The van der Waals surface area contributed by atoms with Gasteiger partial charge in [-0.25, -0.2) is 0 Å². The van der Waals surface area contributed by atoms with Gasteiger partial charge in [0.1, 0.15) is 0 Å². The Labute approximate surface area is 127 Å². The Morgan fingerprint density at radius 3 is 2.33 bits per heavy atom. The second-order valence-electron chi connectivity index (χ2n) is 6.63. The molecule has 6 nitrogen and oxygen atoms in total. The van der Waals surface area contributed by atoms with Crippen LogP contribution in [0.1, 0.15) is 47.5 Å². The fourth-order valence-electron chi connectivity index (χ4n) is 2.15. The first-order valence-electron chi connectivity index (χ1n) is 7.81. The average molecular weight is 293 g/mol. The molecule has 1 aliphatic carbocycles. The second-order valence-corrected chi connectivity index (χ2v) is 6.63. The minimum absolute atomic E-state index is 0.0432. The maximum Gasteiger partial charge on any atom is 0.323 e. The van der Waals surface area contributed by atoms with Crippen LogP contribution in [0.3, 0.4) is 0 Å². The van der Waals surface area contributed by atoms with Gasteiger partial charge in [0.2, 0.25) is 11.9 Å². The molecule has 0 amide bonds. The van der Waals surface area contributed by atoms with E-state index in [1.807, 2.05) is 13.8 Å². The van der Waals surface area contributed by atoms with Crippen molar-refractivity contribution in [1.29, 1.82) is 0 Å². The van der Waals surface area contributed by atoms with Crippen molar-refractivity contribution in [2.75, 3.05) is 23.7 Å². The zero-order valence-corrected chi connectivity index (χ0v) is 13.7. The Morgan fingerprint density at radius 2 is 1.81 bits per heavy atom. The normalized spacial score (nSPS) is 19.4. The molecule has 0 aliphatic heterocycles. The van der Waals surface area contributed by atoms with Crippen molar-refractivity contribution in [2.45, 2.75) is 53.6 Å². The molecule has 1 atom stereocenters. The minimum atomic E-state index is 0.0432. The van der Waals surface area contributed by atoms with Crippen LogP contribution < -0.4 is 15.4 Å². The number of rotatable bonds is 8. The fraction of sp³-hybridized carbons (Fsp3) is 0.800. The van der Waals surface area contributed by atoms with E-state index in [2.05, 4.69) is 46.4 Å². The van der Waals surface area contributed by atoms with E-state index in [9.17, 15) is 0 Å². The van der Waals surface area contributed by atoms with Crippen LogP contribution in [0, 0.1) is 11.3 Å². The number of ether oxygens (including phenoxy) is 1. The lowest BCUT2D eigenvalue weighted by Gasteiger charge is -2.12. The number of hydrogen-bond donors (Lipinski definition) is 2. The zero-order valence-electron chi connectivity index (χ0n) is 13.7. The van der Waals surface area contributed by atoms with E-state index < -0.39 is 0 Å². The highest BCUT2D eigenvalue weighted by Crippen LogP contribution is 2.51. The monoisotopic (exact) mass is 293 g/mol. The van der Waals surface area contributed by atoms with Crippen molar-refractivity contribution < 1.29 is 4.74 Å². The first-order valence-corrected chi connectivity index (χ1v) is 7.81. The average Bonchev–Trinajstić information content (AvgIpc) is 3.01. The van der Waals surface area contributed by atoms with Crippen LogP contribution in [0.15, 0.2) is 0 Å². The Morgan fingerprint density at radius 1 is 1.19 bits per heavy atom. The van der Waals surface area contributed by atoms with Crippen molar-refractivity contribution in [3.05, 3.63) is 0 Å². The Balaban J connectivity index is 2.03. The summed E-state index contributed by atoms with van der Waals surface area (Å²) in [5.74, 6) is 1.85. The fourth-order valence-corrected chi connectivity index (χ4v) is 2.15. The van der Waals surface area contributed by atoms with Crippen molar-refractivity contribution in [2.24, 2.45) is 11.3 Å². The van der Waals surface area contributed by atoms with Gasteiger partial charge < -0.3 is 15.4 Å². The summed E-state index contributed by atoms with van der Waals surface area (Å²) < 4.78 is 5.60. The summed E-state index contributed by atoms with van der Waals surface area (Å²) in [6.45, 7) is 12.3.